The number of benzene rings is 2. The summed E-state index contributed by atoms with van der Waals surface area (Å²) in [5.41, 5.74) is 6.93. The molecule has 0 spiro atoms. The molecule has 1 N–H and O–H groups in total. The Kier molecular flexibility index (Phi) is 4.26. The predicted molar refractivity (Wildman–Crippen MR) is 90.3 cm³/mol. The molecule has 2 aromatic rings. The van der Waals surface area contributed by atoms with E-state index >= 15 is 0 Å². The lowest BCUT2D eigenvalue weighted by atomic mass is 10.1. The molecule has 0 aromatic heterocycles. The van der Waals surface area contributed by atoms with Crippen LogP contribution in [-0.2, 0) is 13.0 Å². The van der Waals surface area contributed by atoms with Crippen LogP contribution in [0.5, 0.6) is 0 Å². The Morgan fingerprint density at radius 2 is 2.00 bits per heavy atom. The second kappa shape index (κ2) is 6.31. The lowest BCUT2D eigenvalue weighted by molar-refractivity contribution is 0.673. The largest absolute Gasteiger partial charge is 0.341 e. The van der Waals surface area contributed by atoms with Gasteiger partial charge in [-0.3, -0.25) is 0 Å². The molecule has 21 heavy (non-hydrogen) atoms. The number of hydrogen-bond acceptors (Lipinski definition) is 2. The van der Waals surface area contributed by atoms with Gasteiger partial charge in [0.05, 0.1) is 0 Å². The van der Waals surface area contributed by atoms with Crippen LogP contribution in [0, 0.1) is 6.92 Å². The van der Waals surface area contributed by atoms with Crippen molar-refractivity contribution in [3.8, 4) is 0 Å². The highest BCUT2D eigenvalue weighted by atomic mass is 15.2. The standard InChI is InChI=1S/C19H24N2/c1-3-11-20-14-17-8-9-18(13-15(17)2)21-12-10-16-6-4-5-7-19(16)21/h4-9,13,20H,3,10-12,14H2,1-2H3. The van der Waals surface area contributed by atoms with Gasteiger partial charge in [0.25, 0.3) is 0 Å². The van der Waals surface area contributed by atoms with Crippen LogP contribution in [0.15, 0.2) is 42.5 Å². The number of nitrogens with one attached hydrogen (secondary N) is 1. The second-order valence-corrected chi connectivity index (χ2v) is 5.82. The molecule has 0 aliphatic carbocycles. The Morgan fingerprint density at radius 1 is 1.14 bits per heavy atom. The van der Waals surface area contributed by atoms with E-state index in [-0.39, 0.29) is 0 Å². The summed E-state index contributed by atoms with van der Waals surface area (Å²) in [6.07, 6.45) is 2.33. The molecule has 1 heterocycles. The van der Waals surface area contributed by atoms with Gasteiger partial charge in [0.2, 0.25) is 0 Å². The fourth-order valence-electron chi connectivity index (χ4n) is 3.05. The van der Waals surface area contributed by atoms with Crippen LogP contribution in [-0.4, -0.2) is 13.1 Å². The number of aryl methyl sites for hydroxylation is 1. The monoisotopic (exact) mass is 280 g/mol. The van der Waals surface area contributed by atoms with Crippen molar-refractivity contribution in [3.63, 3.8) is 0 Å². The molecular weight excluding hydrogens is 256 g/mol. The first-order valence-corrected chi connectivity index (χ1v) is 7.95. The van der Waals surface area contributed by atoms with E-state index in [1.54, 1.807) is 0 Å². The summed E-state index contributed by atoms with van der Waals surface area (Å²) in [7, 11) is 0. The lowest BCUT2D eigenvalue weighted by Gasteiger charge is -2.21. The van der Waals surface area contributed by atoms with Gasteiger partial charge in [-0.15, -0.1) is 0 Å². The number of hydrogen-bond donors (Lipinski definition) is 1. The van der Waals surface area contributed by atoms with E-state index in [2.05, 4.69) is 66.5 Å². The average Bonchev–Trinajstić information content (AvgIpc) is 2.93. The first-order valence-electron chi connectivity index (χ1n) is 7.95. The normalized spacial score (nSPS) is 13.5. The highest BCUT2D eigenvalue weighted by Gasteiger charge is 2.19. The van der Waals surface area contributed by atoms with Gasteiger partial charge in [0.1, 0.15) is 0 Å². The van der Waals surface area contributed by atoms with Crippen LogP contribution < -0.4 is 10.2 Å². The molecular formula is C19H24N2. The van der Waals surface area contributed by atoms with Crippen molar-refractivity contribution in [2.75, 3.05) is 18.0 Å². The van der Waals surface area contributed by atoms with Crippen LogP contribution in [0.1, 0.15) is 30.0 Å². The van der Waals surface area contributed by atoms with E-state index in [1.807, 2.05) is 0 Å². The minimum absolute atomic E-state index is 0.969. The quantitative estimate of drug-likeness (QED) is 0.826. The Labute approximate surface area is 127 Å². The fourth-order valence-corrected chi connectivity index (χ4v) is 3.05. The van der Waals surface area contributed by atoms with Gasteiger partial charge in [0.15, 0.2) is 0 Å². The van der Waals surface area contributed by atoms with Gasteiger partial charge in [0, 0.05) is 24.5 Å². The van der Waals surface area contributed by atoms with E-state index in [0.717, 1.165) is 26.1 Å². The van der Waals surface area contributed by atoms with Crippen LogP contribution in [0.4, 0.5) is 11.4 Å². The molecule has 0 radical (unpaired) electrons. The third-order valence-electron chi connectivity index (χ3n) is 4.27. The molecule has 0 unspecified atom stereocenters. The van der Waals surface area contributed by atoms with Crippen molar-refractivity contribution in [1.29, 1.82) is 0 Å². The molecule has 110 valence electrons. The smallest absolute Gasteiger partial charge is 0.0444 e. The number of rotatable bonds is 5. The Morgan fingerprint density at radius 3 is 2.81 bits per heavy atom. The zero-order valence-corrected chi connectivity index (χ0v) is 13.0. The SMILES string of the molecule is CCCNCc1ccc(N2CCc3ccccc32)cc1C. The number of fused-ring (bicyclic) bond motifs is 1. The van der Waals surface area contributed by atoms with E-state index in [1.165, 1.54) is 34.5 Å². The lowest BCUT2D eigenvalue weighted by Crippen LogP contribution is -2.16. The summed E-state index contributed by atoms with van der Waals surface area (Å²) in [4.78, 5) is 2.44. The van der Waals surface area contributed by atoms with Gasteiger partial charge in [-0.2, -0.15) is 0 Å². The zero-order chi connectivity index (χ0) is 14.7. The van der Waals surface area contributed by atoms with Crippen LogP contribution in [0.25, 0.3) is 0 Å². The highest BCUT2D eigenvalue weighted by Crippen LogP contribution is 2.34. The molecule has 0 amide bonds. The topological polar surface area (TPSA) is 15.3 Å². The maximum atomic E-state index is 3.48. The summed E-state index contributed by atoms with van der Waals surface area (Å²) in [6.45, 7) is 7.56. The molecule has 1 aliphatic rings. The maximum absolute atomic E-state index is 3.48. The molecule has 0 fully saturated rings. The number of para-hydroxylation sites is 1. The van der Waals surface area contributed by atoms with Crippen LogP contribution >= 0.6 is 0 Å². The van der Waals surface area contributed by atoms with Gasteiger partial charge < -0.3 is 10.2 Å². The molecule has 0 bridgehead atoms. The summed E-state index contributed by atoms with van der Waals surface area (Å²) in [5, 5.41) is 3.48. The third kappa shape index (κ3) is 2.96. The zero-order valence-electron chi connectivity index (χ0n) is 13.0. The Bertz CT molecular complexity index is 619. The van der Waals surface area contributed by atoms with Gasteiger partial charge in [-0.1, -0.05) is 31.2 Å². The van der Waals surface area contributed by atoms with Crippen molar-refractivity contribution >= 4 is 11.4 Å². The first-order chi connectivity index (χ1) is 10.3. The molecule has 2 aromatic carbocycles. The van der Waals surface area contributed by atoms with Gasteiger partial charge in [-0.05, 0) is 61.2 Å². The van der Waals surface area contributed by atoms with E-state index < -0.39 is 0 Å². The molecule has 0 atom stereocenters. The maximum Gasteiger partial charge on any atom is 0.0444 e. The van der Waals surface area contributed by atoms with Crippen LogP contribution in [0.3, 0.4) is 0 Å². The van der Waals surface area contributed by atoms with Crippen molar-refractivity contribution in [2.24, 2.45) is 0 Å². The Hall–Kier alpha value is -1.80. The Balaban J connectivity index is 1.80. The van der Waals surface area contributed by atoms with E-state index in [9.17, 15) is 0 Å². The molecule has 0 saturated heterocycles. The van der Waals surface area contributed by atoms with E-state index in [4.69, 9.17) is 0 Å². The minimum Gasteiger partial charge on any atom is -0.341 e. The molecule has 2 heteroatoms. The minimum atomic E-state index is 0.969. The van der Waals surface area contributed by atoms with Gasteiger partial charge >= 0.3 is 0 Å². The predicted octanol–water partition coefficient (Wildman–Crippen LogP) is 4.19. The molecule has 0 saturated carbocycles. The molecule has 2 nitrogen and oxygen atoms in total. The molecule has 3 rings (SSSR count). The van der Waals surface area contributed by atoms with E-state index in [0.29, 0.717) is 0 Å². The number of nitrogens with zero attached hydrogens (tertiary/aromatic N) is 1. The van der Waals surface area contributed by atoms with Crippen LogP contribution in [0.2, 0.25) is 0 Å². The number of anilines is 2. The third-order valence-corrected chi connectivity index (χ3v) is 4.27. The molecule has 1 aliphatic heterocycles. The highest BCUT2D eigenvalue weighted by molar-refractivity contribution is 5.70. The fraction of sp³-hybridized carbons (Fsp3) is 0.368. The summed E-state index contributed by atoms with van der Waals surface area (Å²) in [6, 6.07) is 15.6. The van der Waals surface area contributed by atoms with Gasteiger partial charge in [-0.25, -0.2) is 0 Å². The van der Waals surface area contributed by atoms with Crippen molar-refractivity contribution in [1.82, 2.24) is 5.32 Å². The second-order valence-electron chi connectivity index (χ2n) is 5.82. The average molecular weight is 280 g/mol. The summed E-state index contributed by atoms with van der Waals surface area (Å²) >= 11 is 0. The van der Waals surface area contributed by atoms with Crippen molar-refractivity contribution in [3.05, 3.63) is 59.2 Å². The summed E-state index contributed by atoms with van der Waals surface area (Å²) < 4.78 is 0. The summed E-state index contributed by atoms with van der Waals surface area (Å²) in [5.74, 6) is 0. The first kappa shape index (κ1) is 14.2. The van der Waals surface area contributed by atoms with Crippen molar-refractivity contribution < 1.29 is 0 Å². The van der Waals surface area contributed by atoms with Crippen molar-refractivity contribution in [2.45, 2.75) is 33.2 Å².